The van der Waals surface area contributed by atoms with Gasteiger partial charge in [-0.15, -0.1) is 0 Å². The number of benzene rings is 1. The molecular weight excluding hydrogens is 342 g/mol. The van der Waals surface area contributed by atoms with E-state index in [1.807, 2.05) is 12.1 Å². The summed E-state index contributed by atoms with van der Waals surface area (Å²) in [4.78, 5) is 25.4. The van der Waals surface area contributed by atoms with Crippen molar-refractivity contribution in [2.45, 2.75) is 44.6 Å². The van der Waals surface area contributed by atoms with Gasteiger partial charge in [0.15, 0.2) is 0 Å². The van der Waals surface area contributed by atoms with Gasteiger partial charge in [0.05, 0.1) is 5.41 Å². The Morgan fingerprint density at radius 1 is 1.07 bits per heavy atom. The first-order valence-corrected chi connectivity index (χ1v) is 10.2. The lowest BCUT2D eigenvalue weighted by molar-refractivity contribution is -0.128. The van der Waals surface area contributed by atoms with Crippen LogP contribution in [0.2, 0.25) is 0 Å². The third kappa shape index (κ3) is 3.87. The van der Waals surface area contributed by atoms with Crippen molar-refractivity contribution in [1.29, 1.82) is 0 Å². The van der Waals surface area contributed by atoms with E-state index in [0.29, 0.717) is 24.7 Å². The second kappa shape index (κ2) is 7.98. The van der Waals surface area contributed by atoms with Crippen LogP contribution < -0.4 is 16.0 Å². The summed E-state index contributed by atoms with van der Waals surface area (Å²) in [6.45, 7) is 3.12. The van der Waals surface area contributed by atoms with Crippen LogP contribution in [-0.4, -0.2) is 44.2 Å². The van der Waals surface area contributed by atoms with Crippen molar-refractivity contribution >= 4 is 17.5 Å². The van der Waals surface area contributed by atoms with Gasteiger partial charge < -0.3 is 20.7 Å². The minimum atomic E-state index is -0.267. The summed E-state index contributed by atoms with van der Waals surface area (Å²) in [7, 11) is 0. The van der Waals surface area contributed by atoms with Crippen LogP contribution in [0.25, 0.3) is 0 Å². The van der Waals surface area contributed by atoms with Gasteiger partial charge in [-0.2, -0.15) is 0 Å². The van der Waals surface area contributed by atoms with Crippen LogP contribution in [0.4, 0.5) is 5.69 Å². The minimum Gasteiger partial charge on any atom is -0.381 e. The Bertz CT molecular complexity index is 684. The predicted octanol–water partition coefficient (Wildman–Crippen LogP) is 2.31. The molecule has 2 saturated heterocycles. The van der Waals surface area contributed by atoms with E-state index in [1.54, 1.807) is 12.1 Å². The second-order valence-electron chi connectivity index (χ2n) is 8.12. The first-order valence-electron chi connectivity index (χ1n) is 10.2. The molecule has 0 radical (unpaired) electrons. The smallest absolute Gasteiger partial charge is 0.251 e. The highest BCUT2D eigenvalue weighted by atomic mass is 16.5. The van der Waals surface area contributed by atoms with Crippen LogP contribution in [0.1, 0.15) is 48.9 Å². The van der Waals surface area contributed by atoms with Crippen LogP contribution in [-0.2, 0) is 9.53 Å². The lowest BCUT2D eigenvalue weighted by Crippen LogP contribution is -2.44. The molecular formula is C21H29N3O3. The molecule has 1 aromatic carbocycles. The Balaban J connectivity index is 1.37. The molecule has 6 heteroatoms. The molecule has 1 saturated carbocycles. The number of nitrogens with one attached hydrogen (secondary N) is 3. The molecule has 0 aromatic heterocycles. The van der Waals surface area contributed by atoms with E-state index in [9.17, 15) is 9.59 Å². The molecule has 1 aliphatic carbocycles. The maximum atomic E-state index is 13.0. The average molecular weight is 371 g/mol. The van der Waals surface area contributed by atoms with Gasteiger partial charge in [-0.25, -0.2) is 0 Å². The number of ether oxygens (including phenoxy) is 1. The molecule has 3 aliphatic rings. The van der Waals surface area contributed by atoms with Crippen LogP contribution in [0.3, 0.4) is 0 Å². The maximum Gasteiger partial charge on any atom is 0.251 e. The number of carbonyl (C=O) groups excluding carboxylic acids is 2. The van der Waals surface area contributed by atoms with E-state index in [0.717, 1.165) is 50.9 Å². The molecule has 4 rings (SSSR count). The standard InChI is InChI=1S/C21H29N3O3/c25-19(23-18-8-11-27-12-9-18)15-4-6-17(7-5-15)24-20(26)21-10-2-1-3-16(21)13-22-14-21/h4-7,16,18,22H,1-3,8-14H2,(H,23,25)(H,24,26)/t16-,21+/m0/s1. The van der Waals surface area contributed by atoms with Gasteiger partial charge in [0, 0.05) is 37.1 Å². The summed E-state index contributed by atoms with van der Waals surface area (Å²) in [6.07, 6.45) is 6.15. The van der Waals surface area contributed by atoms with Crippen LogP contribution in [0.5, 0.6) is 0 Å². The Labute approximate surface area is 160 Å². The molecule has 0 spiro atoms. The Morgan fingerprint density at radius 2 is 1.85 bits per heavy atom. The fourth-order valence-electron chi connectivity index (χ4n) is 4.76. The Hall–Kier alpha value is -1.92. The monoisotopic (exact) mass is 371 g/mol. The van der Waals surface area contributed by atoms with Crippen LogP contribution in [0.15, 0.2) is 24.3 Å². The zero-order valence-corrected chi connectivity index (χ0v) is 15.8. The van der Waals surface area contributed by atoms with Crippen molar-refractivity contribution in [1.82, 2.24) is 10.6 Å². The van der Waals surface area contributed by atoms with E-state index in [-0.39, 0.29) is 23.3 Å². The van der Waals surface area contributed by atoms with Crippen LogP contribution in [0, 0.1) is 11.3 Å². The van der Waals surface area contributed by atoms with E-state index in [1.165, 1.54) is 6.42 Å². The highest BCUT2D eigenvalue weighted by molar-refractivity contribution is 5.98. The summed E-state index contributed by atoms with van der Waals surface area (Å²) in [5, 5.41) is 9.57. The summed E-state index contributed by atoms with van der Waals surface area (Å²) < 4.78 is 5.32. The number of hydrogen-bond acceptors (Lipinski definition) is 4. The second-order valence-corrected chi connectivity index (χ2v) is 8.12. The number of carbonyl (C=O) groups is 2. The molecule has 0 bridgehead atoms. The van der Waals surface area contributed by atoms with Crippen molar-refractivity contribution in [3.8, 4) is 0 Å². The zero-order valence-electron chi connectivity index (χ0n) is 15.8. The molecule has 146 valence electrons. The van der Waals surface area contributed by atoms with Crippen molar-refractivity contribution in [2.75, 3.05) is 31.6 Å². The maximum absolute atomic E-state index is 13.0. The molecule has 2 heterocycles. The van der Waals surface area contributed by atoms with Gasteiger partial charge in [-0.05, 0) is 62.4 Å². The first kappa shape index (κ1) is 18.4. The van der Waals surface area contributed by atoms with Gasteiger partial charge in [0.1, 0.15) is 0 Å². The molecule has 3 fully saturated rings. The fraction of sp³-hybridized carbons (Fsp3) is 0.619. The van der Waals surface area contributed by atoms with Gasteiger partial charge >= 0.3 is 0 Å². The molecule has 3 N–H and O–H groups in total. The third-order valence-corrected chi connectivity index (χ3v) is 6.45. The fourth-order valence-corrected chi connectivity index (χ4v) is 4.76. The number of hydrogen-bond donors (Lipinski definition) is 3. The number of amides is 2. The van der Waals surface area contributed by atoms with E-state index in [4.69, 9.17) is 4.74 Å². The highest BCUT2D eigenvalue weighted by Gasteiger charge is 2.49. The van der Waals surface area contributed by atoms with Crippen molar-refractivity contribution in [3.05, 3.63) is 29.8 Å². The SMILES string of the molecule is O=C(NC1CCOCC1)c1ccc(NC(=O)[C@@]23CCCC[C@H]2CNC3)cc1. The van der Waals surface area contributed by atoms with Gasteiger partial charge in [0.2, 0.25) is 5.91 Å². The molecule has 6 nitrogen and oxygen atoms in total. The van der Waals surface area contributed by atoms with Crippen molar-refractivity contribution in [2.24, 2.45) is 11.3 Å². The molecule has 27 heavy (non-hydrogen) atoms. The molecule has 2 atom stereocenters. The molecule has 1 aromatic rings. The van der Waals surface area contributed by atoms with E-state index >= 15 is 0 Å². The van der Waals surface area contributed by atoms with Gasteiger partial charge in [-0.3, -0.25) is 9.59 Å². The third-order valence-electron chi connectivity index (χ3n) is 6.45. The first-order chi connectivity index (χ1) is 13.2. The summed E-state index contributed by atoms with van der Waals surface area (Å²) in [5.41, 5.74) is 1.11. The van der Waals surface area contributed by atoms with E-state index < -0.39 is 0 Å². The topological polar surface area (TPSA) is 79.5 Å². The van der Waals surface area contributed by atoms with Crippen molar-refractivity contribution in [3.63, 3.8) is 0 Å². The Morgan fingerprint density at radius 3 is 2.63 bits per heavy atom. The van der Waals surface area contributed by atoms with Gasteiger partial charge in [-0.1, -0.05) is 12.8 Å². The average Bonchev–Trinajstić information content (AvgIpc) is 3.15. The highest BCUT2D eigenvalue weighted by Crippen LogP contribution is 2.44. The number of anilines is 1. The van der Waals surface area contributed by atoms with Crippen LogP contribution >= 0.6 is 0 Å². The normalized spacial score (nSPS) is 28.4. The largest absolute Gasteiger partial charge is 0.381 e. The summed E-state index contributed by atoms with van der Waals surface area (Å²) >= 11 is 0. The van der Waals surface area contributed by atoms with Gasteiger partial charge in [0.25, 0.3) is 5.91 Å². The summed E-state index contributed by atoms with van der Waals surface area (Å²) in [6, 6.07) is 7.41. The van der Waals surface area contributed by atoms with Crippen molar-refractivity contribution < 1.29 is 14.3 Å². The number of rotatable bonds is 4. The zero-order chi connectivity index (χ0) is 18.7. The Kier molecular flexibility index (Phi) is 5.45. The molecule has 2 amide bonds. The quantitative estimate of drug-likeness (QED) is 0.759. The predicted molar refractivity (Wildman–Crippen MR) is 104 cm³/mol. The molecule has 0 unspecified atom stereocenters. The summed E-state index contributed by atoms with van der Waals surface area (Å²) in [5.74, 6) is 0.498. The minimum absolute atomic E-state index is 0.0642. The lowest BCUT2D eigenvalue weighted by Gasteiger charge is -2.37. The molecule has 2 aliphatic heterocycles. The lowest BCUT2D eigenvalue weighted by atomic mass is 9.67. The van der Waals surface area contributed by atoms with E-state index in [2.05, 4.69) is 16.0 Å². The number of fused-ring (bicyclic) bond motifs is 1.